The van der Waals surface area contributed by atoms with Gasteiger partial charge in [0.15, 0.2) is 0 Å². The SMILES string of the molecule is CC(=O)O[C@@H]1CCN[C@@H]1c1ccccc1Cl. The molecule has 1 heterocycles. The lowest BCUT2D eigenvalue weighted by Crippen LogP contribution is -2.25. The number of rotatable bonds is 2. The van der Waals surface area contributed by atoms with Gasteiger partial charge in [0.25, 0.3) is 0 Å². The van der Waals surface area contributed by atoms with Crippen molar-refractivity contribution in [3.63, 3.8) is 0 Å². The number of benzene rings is 1. The van der Waals surface area contributed by atoms with Crippen molar-refractivity contribution in [1.82, 2.24) is 5.32 Å². The molecule has 0 spiro atoms. The van der Waals surface area contributed by atoms with Gasteiger partial charge in [0.2, 0.25) is 0 Å². The highest BCUT2D eigenvalue weighted by Crippen LogP contribution is 2.31. The first-order valence-electron chi connectivity index (χ1n) is 5.33. The third-order valence-corrected chi connectivity index (χ3v) is 3.07. The quantitative estimate of drug-likeness (QED) is 0.805. The number of nitrogens with one attached hydrogen (secondary N) is 1. The van der Waals surface area contributed by atoms with Gasteiger partial charge in [-0.3, -0.25) is 4.79 Å². The Morgan fingerprint density at radius 3 is 2.94 bits per heavy atom. The zero-order valence-corrected chi connectivity index (χ0v) is 9.83. The third-order valence-electron chi connectivity index (χ3n) is 2.72. The van der Waals surface area contributed by atoms with Crippen molar-refractivity contribution in [2.75, 3.05) is 6.54 Å². The molecule has 2 atom stereocenters. The van der Waals surface area contributed by atoms with Crippen LogP contribution in [0.15, 0.2) is 24.3 Å². The fourth-order valence-electron chi connectivity index (χ4n) is 2.06. The smallest absolute Gasteiger partial charge is 0.302 e. The van der Waals surface area contributed by atoms with Crippen molar-refractivity contribution in [2.45, 2.75) is 25.5 Å². The van der Waals surface area contributed by atoms with E-state index in [0.29, 0.717) is 5.02 Å². The fourth-order valence-corrected chi connectivity index (χ4v) is 2.31. The molecule has 86 valence electrons. The van der Waals surface area contributed by atoms with E-state index in [9.17, 15) is 4.79 Å². The molecule has 1 saturated heterocycles. The van der Waals surface area contributed by atoms with E-state index >= 15 is 0 Å². The van der Waals surface area contributed by atoms with Crippen LogP contribution in [-0.4, -0.2) is 18.6 Å². The standard InChI is InChI=1S/C12H14ClNO2/c1-8(15)16-11-6-7-14-12(11)9-4-2-3-5-10(9)13/h2-5,11-12,14H,6-7H2,1H3/t11-,12-/m1/s1. The molecule has 2 rings (SSSR count). The summed E-state index contributed by atoms with van der Waals surface area (Å²) in [5.41, 5.74) is 0.993. The predicted molar refractivity (Wildman–Crippen MR) is 62.4 cm³/mol. The zero-order valence-electron chi connectivity index (χ0n) is 9.07. The number of halogens is 1. The Balaban J connectivity index is 2.20. The second-order valence-electron chi connectivity index (χ2n) is 3.89. The van der Waals surface area contributed by atoms with Gasteiger partial charge in [-0.2, -0.15) is 0 Å². The average molecular weight is 240 g/mol. The molecule has 1 N–H and O–H groups in total. The van der Waals surface area contributed by atoms with Crippen LogP contribution in [-0.2, 0) is 9.53 Å². The lowest BCUT2D eigenvalue weighted by molar-refractivity contribution is -0.146. The summed E-state index contributed by atoms with van der Waals surface area (Å²) in [7, 11) is 0. The van der Waals surface area contributed by atoms with Crippen molar-refractivity contribution >= 4 is 17.6 Å². The van der Waals surface area contributed by atoms with Gasteiger partial charge in [-0.1, -0.05) is 29.8 Å². The highest BCUT2D eigenvalue weighted by atomic mass is 35.5. The monoisotopic (exact) mass is 239 g/mol. The molecule has 0 amide bonds. The summed E-state index contributed by atoms with van der Waals surface area (Å²) in [5.74, 6) is -0.245. The first kappa shape index (κ1) is 11.4. The molecule has 0 aromatic heterocycles. The van der Waals surface area contributed by atoms with Crippen LogP contribution in [0.1, 0.15) is 24.9 Å². The zero-order chi connectivity index (χ0) is 11.5. The highest BCUT2D eigenvalue weighted by Gasteiger charge is 2.31. The summed E-state index contributed by atoms with van der Waals surface area (Å²) in [6.45, 7) is 2.27. The van der Waals surface area contributed by atoms with E-state index in [-0.39, 0.29) is 18.1 Å². The van der Waals surface area contributed by atoms with Gasteiger partial charge in [-0.15, -0.1) is 0 Å². The van der Waals surface area contributed by atoms with Crippen molar-refractivity contribution in [2.24, 2.45) is 0 Å². The van der Waals surface area contributed by atoms with E-state index in [2.05, 4.69) is 5.32 Å². The summed E-state index contributed by atoms with van der Waals surface area (Å²) in [6, 6.07) is 7.65. The maximum absolute atomic E-state index is 11.0. The van der Waals surface area contributed by atoms with Gasteiger partial charge in [0, 0.05) is 11.9 Å². The number of carbonyl (C=O) groups excluding carboxylic acids is 1. The normalized spacial score (nSPS) is 24.4. The average Bonchev–Trinajstić information content (AvgIpc) is 2.66. The van der Waals surface area contributed by atoms with E-state index in [1.807, 2.05) is 24.3 Å². The van der Waals surface area contributed by atoms with Crippen LogP contribution >= 0.6 is 11.6 Å². The largest absolute Gasteiger partial charge is 0.460 e. The van der Waals surface area contributed by atoms with Gasteiger partial charge in [0.05, 0.1) is 6.04 Å². The molecular weight excluding hydrogens is 226 g/mol. The highest BCUT2D eigenvalue weighted by molar-refractivity contribution is 6.31. The minimum absolute atomic E-state index is 0.0117. The van der Waals surface area contributed by atoms with Crippen LogP contribution in [0.25, 0.3) is 0 Å². The Morgan fingerprint density at radius 1 is 1.50 bits per heavy atom. The molecular formula is C12H14ClNO2. The molecule has 1 aliphatic heterocycles. The van der Waals surface area contributed by atoms with Crippen molar-refractivity contribution in [1.29, 1.82) is 0 Å². The maximum atomic E-state index is 11.0. The lowest BCUT2D eigenvalue weighted by Gasteiger charge is -2.20. The molecule has 0 saturated carbocycles. The van der Waals surface area contributed by atoms with E-state index < -0.39 is 0 Å². The lowest BCUT2D eigenvalue weighted by atomic mass is 10.0. The second kappa shape index (κ2) is 4.85. The Hall–Kier alpha value is -1.06. The van der Waals surface area contributed by atoms with Crippen molar-refractivity contribution in [3.05, 3.63) is 34.9 Å². The number of hydrogen-bond donors (Lipinski definition) is 1. The van der Waals surface area contributed by atoms with E-state index in [4.69, 9.17) is 16.3 Å². The Morgan fingerprint density at radius 2 is 2.25 bits per heavy atom. The Bertz CT molecular complexity index is 394. The molecule has 4 heteroatoms. The Labute approximate surface area is 99.7 Å². The van der Waals surface area contributed by atoms with Gasteiger partial charge in [0.1, 0.15) is 6.10 Å². The molecule has 16 heavy (non-hydrogen) atoms. The van der Waals surface area contributed by atoms with Crippen molar-refractivity contribution in [3.8, 4) is 0 Å². The summed E-state index contributed by atoms with van der Waals surface area (Å²) in [5, 5.41) is 4.01. The first-order chi connectivity index (χ1) is 7.68. The number of hydrogen-bond acceptors (Lipinski definition) is 3. The van der Waals surface area contributed by atoms with E-state index in [1.165, 1.54) is 6.92 Å². The molecule has 1 aromatic rings. The summed E-state index contributed by atoms with van der Waals surface area (Å²) >= 11 is 6.13. The molecule has 1 aliphatic rings. The van der Waals surface area contributed by atoms with Gasteiger partial charge >= 0.3 is 5.97 Å². The van der Waals surface area contributed by atoms with Crippen LogP contribution in [0.5, 0.6) is 0 Å². The number of carbonyl (C=O) groups is 1. The topological polar surface area (TPSA) is 38.3 Å². The summed E-state index contributed by atoms with van der Waals surface area (Å²) in [6.07, 6.45) is 0.715. The second-order valence-corrected chi connectivity index (χ2v) is 4.30. The first-order valence-corrected chi connectivity index (χ1v) is 5.71. The molecule has 0 bridgehead atoms. The molecule has 1 fully saturated rings. The molecule has 0 aliphatic carbocycles. The number of esters is 1. The minimum Gasteiger partial charge on any atom is -0.460 e. The third kappa shape index (κ3) is 2.36. The molecule has 1 aromatic carbocycles. The van der Waals surface area contributed by atoms with E-state index in [1.54, 1.807) is 0 Å². The Kier molecular flexibility index (Phi) is 3.46. The van der Waals surface area contributed by atoms with Crippen LogP contribution < -0.4 is 5.32 Å². The van der Waals surface area contributed by atoms with Crippen LogP contribution in [0.3, 0.4) is 0 Å². The predicted octanol–water partition coefficient (Wildman–Crippen LogP) is 2.31. The summed E-state index contributed by atoms with van der Waals surface area (Å²) in [4.78, 5) is 11.0. The van der Waals surface area contributed by atoms with Crippen LogP contribution in [0.4, 0.5) is 0 Å². The number of ether oxygens (including phenoxy) is 1. The fraction of sp³-hybridized carbons (Fsp3) is 0.417. The molecule has 3 nitrogen and oxygen atoms in total. The molecule has 0 radical (unpaired) electrons. The van der Waals surface area contributed by atoms with Gasteiger partial charge in [-0.25, -0.2) is 0 Å². The van der Waals surface area contributed by atoms with Crippen LogP contribution in [0, 0.1) is 0 Å². The maximum Gasteiger partial charge on any atom is 0.302 e. The molecule has 0 unspecified atom stereocenters. The van der Waals surface area contributed by atoms with Gasteiger partial charge in [-0.05, 0) is 24.6 Å². The minimum atomic E-state index is -0.245. The van der Waals surface area contributed by atoms with Gasteiger partial charge < -0.3 is 10.1 Å². The summed E-state index contributed by atoms with van der Waals surface area (Å²) < 4.78 is 5.27. The van der Waals surface area contributed by atoms with Crippen molar-refractivity contribution < 1.29 is 9.53 Å². The van der Waals surface area contributed by atoms with E-state index in [0.717, 1.165) is 18.5 Å². The van der Waals surface area contributed by atoms with Crippen LogP contribution in [0.2, 0.25) is 5.02 Å².